The van der Waals surface area contributed by atoms with Crippen LogP contribution in [0, 0.1) is 0 Å². The minimum Gasteiger partial charge on any atom is -0.336 e. The van der Waals surface area contributed by atoms with Crippen molar-refractivity contribution in [3.8, 4) is 0 Å². The molecule has 0 radical (unpaired) electrons. The van der Waals surface area contributed by atoms with Gasteiger partial charge in [0.15, 0.2) is 0 Å². The Bertz CT molecular complexity index is 500. The van der Waals surface area contributed by atoms with Crippen molar-refractivity contribution in [2.45, 2.75) is 26.2 Å². The molecule has 0 atom stereocenters. The summed E-state index contributed by atoms with van der Waals surface area (Å²) in [5, 5.41) is 0.557. The smallest absolute Gasteiger partial charge is 0.255 e. The van der Waals surface area contributed by atoms with Crippen LogP contribution in [0.15, 0.2) is 18.2 Å². The molecule has 1 heterocycles. The van der Waals surface area contributed by atoms with Crippen LogP contribution < -0.4 is 0 Å². The van der Waals surface area contributed by atoms with Gasteiger partial charge in [-0.25, -0.2) is 0 Å². The zero-order chi connectivity index (χ0) is 14.9. The molecule has 1 aliphatic rings. The fraction of sp³-hybridized carbons (Fsp3) is 0.562. The van der Waals surface area contributed by atoms with Gasteiger partial charge in [0.25, 0.3) is 5.91 Å². The lowest BCUT2D eigenvalue weighted by Gasteiger charge is -2.32. The summed E-state index contributed by atoms with van der Waals surface area (Å²) in [6.45, 7) is 9.80. The molecule has 1 amide bonds. The summed E-state index contributed by atoms with van der Waals surface area (Å²) in [7, 11) is 2.08. The van der Waals surface area contributed by atoms with E-state index in [0.717, 1.165) is 31.7 Å². The summed E-state index contributed by atoms with van der Waals surface area (Å²) in [5.41, 5.74) is 1.81. The number of carbonyl (C=O) groups is 1. The molecule has 1 aromatic carbocycles. The number of nitrogens with zero attached hydrogens (tertiary/aromatic N) is 2. The van der Waals surface area contributed by atoms with Gasteiger partial charge >= 0.3 is 0 Å². The number of amides is 1. The van der Waals surface area contributed by atoms with Gasteiger partial charge in [-0.1, -0.05) is 38.4 Å². The predicted molar refractivity (Wildman–Crippen MR) is 83.6 cm³/mol. The van der Waals surface area contributed by atoms with Crippen LogP contribution >= 0.6 is 11.6 Å². The highest BCUT2D eigenvalue weighted by atomic mass is 35.5. The number of benzene rings is 1. The fourth-order valence-electron chi connectivity index (χ4n) is 2.33. The summed E-state index contributed by atoms with van der Waals surface area (Å²) in [4.78, 5) is 16.6. The molecule has 0 aliphatic carbocycles. The molecule has 0 bridgehead atoms. The third-order valence-electron chi connectivity index (χ3n) is 3.86. The molecule has 1 saturated heterocycles. The van der Waals surface area contributed by atoms with Crippen LogP contribution in [-0.4, -0.2) is 48.9 Å². The van der Waals surface area contributed by atoms with E-state index in [1.165, 1.54) is 0 Å². The van der Waals surface area contributed by atoms with Crippen molar-refractivity contribution < 1.29 is 4.79 Å². The molecule has 2 rings (SSSR count). The van der Waals surface area contributed by atoms with E-state index in [2.05, 4.69) is 32.7 Å². The Kier molecular flexibility index (Phi) is 4.40. The number of hydrogen-bond donors (Lipinski definition) is 0. The average Bonchev–Trinajstić information content (AvgIpc) is 2.37. The SMILES string of the molecule is CN1CCN(C(=O)c2ccc(C(C)(C)C)cc2Cl)CC1. The van der Waals surface area contributed by atoms with Gasteiger partial charge < -0.3 is 9.80 Å². The second-order valence-corrected chi connectivity index (χ2v) is 6.95. The van der Waals surface area contributed by atoms with Gasteiger partial charge in [-0.3, -0.25) is 4.79 Å². The summed E-state index contributed by atoms with van der Waals surface area (Å²) in [6, 6.07) is 5.80. The van der Waals surface area contributed by atoms with Crippen molar-refractivity contribution in [1.82, 2.24) is 9.80 Å². The Balaban J connectivity index is 2.19. The van der Waals surface area contributed by atoms with Crippen LogP contribution in [0.4, 0.5) is 0 Å². The normalized spacial score (nSPS) is 17.4. The van der Waals surface area contributed by atoms with E-state index < -0.39 is 0 Å². The van der Waals surface area contributed by atoms with E-state index in [9.17, 15) is 4.79 Å². The van der Waals surface area contributed by atoms with Crippen LogP contribution in [0.3, 0.4) is 0 Å². The van der Waals surface area contributed by atoms with Crippen LogP contribution in [0.1, 0.15) is 36.7 Å². The second kappa shape index (κ2) is 5.74. The quantitative estimate of drug-likeness (QED) is 0.795. The molecule has 0 saturated carbocycles. The third kappa shape index (κ3) is 3.33. The number of piperazine rings is 1. The Morgan fingerprint density at radius 1 is 1.15 bits per heavy atom. The maximum Gasteiger partial charge on any atom is 0.255 e. The Hall–Kier alpha value is -1.06. The van der Waals surface area contributed by atoms with Crippen molar-refractivity contribution in [3.63, 3.8) is 0 Å². The van der Waals surface area contributed by atoms with E-state index in [-0.39, 0.29) is 11.3 Å². The first-order chi connectivity index (χ1) is 9.29. The summed E-state index contributed by atoms with van der Waals surface area (Å²) in [5.74, 6) is 0.0450. The molecule has 1 aromatic rings. The highest BCUT2D eigenvalue weighted by Gasteiger charge is 2.23. The third-order valence-corrected chi connectivity index (χ3v) is 4.17. The van der Waals surface area contributed by atoms with Gasteiger partial charge in [-0.2, -0.15) is 0 Å². The van der Waals surface area contributed by atoms with Crippen LogP contribution in [-0.2, 0) is 5.41 Å². The van der Waals surface area contributed by atoms with E-state index in [4.69, 9.17) is 11.6 Å². The number of rotatable bonds is 1. The molecule has 1 aliphatic heterocycles. The van der Waals surface area contributed by atoms with Gasteiger partial charge in [-0.05, 0) is 30.2 Å². The van der Waals surface area contributed by atoms with Crippen molar-refractivity contribution in [2.24, 2.45) is 0 Å². The molecule has 4 heteroatoms. The molecule has 3 nitrogen and oxygen atoms in total. The van der Waals surface area contributed by atoms with E-state index in [1.807, 2.05) is 23.1 Å². The molecule has 20 heavy (non-hydrogen) atoms. The topological polar surface area (TPSA) is 23.6 Å². The summed E-state index contributed by atoms with van der Waals surface area (Å²) < 4.78 is 0. The monoisotopic (exact) mass is 294 g/mol. The lowest BCUT2D eigenvalue weighted by atomic mass is 9.86. The number of halogens is 1. The lowest BCUT2D eigenvalue weighted by Crippen LogP contribution is -2.47. The average molecular weight is 295 g/mol. The minimum absolute atomic E-state index is 0.0407. The number of hydrogen-bond acceptors (Lipinski definition) is 2. The molecule has 0 aromatic heterocycles. The second-order valence-electron chi connectivity index (χ2n) is 6.54. The van der Waals surface area contributed by atoms with Crippen LogP contribution in [0.25, 0.3) is 0 Å². The first-order valence-electron chi connectivity index (χ1n) is 7.07. The first-order valence-corrected chi connectivity index (χ1v) is 7.44. The van der Waals surface area contributed by atoms with Crippen molar-refractivity contribution in [3.05, 3.63) is 34.3 Å². The molecule has 0 N–H and O–H groups in total. The molecular weight excluding hydrogens is 272 g/mol. The Morgan fingerprint density at radius 3 is 2.25 bits per heavy atom. The van der Waals surface area contributed by atoms with Gasteiger partial charge in [0.2, 0.25) is 0 Å². The number of likely N-dealkylation sites (N-methyl/N-ethyl adjacent to an activating group) is 1. The van der Waals surface area contributed by atoms with E-state index >= 15 is 0 Å². The van der Waals surface area contributed by atoms with Crippen molar-refractivity contribution in [2.75, 3.05) is 33.2 Å². The Morgan fingerprint density at radius 2 is 1.75 bits per heavy atom. The largest absolute Gasteiger partial charge is 0.336 e. The van der Waals surface area contributed by atoms with Gasteiger partial charge in [0.1, 0.15) is 0 Å². The number of carbonyl (C=O) groups excluding carboxylic acids is 1. The maximum absolute atomic E-state index is 12.5. The molecule has 1 fully saturated rings. The predicted octanol–water partition coefficient (Wildman–Crippen LogP) is 3.03. The van der Waals surface area contributed by atoms with Crippen molar-refractivity contribution >= 4 is 17.5 Å². The highest BCUT2D eigenvalue weighted by Crippen LogP contribution is 2.27. The van der Waals surface area contributed by atoms with Gasteiger partial charge in [0, 0.05) is 26.2 Å². The fourth-order valence-corrected chi connectivity index (χ4v) is 2.60. The molecular formula is C16H23ClN2O. The molecule has 0 unspecified atom stereocenters. The Labute approximate surface area is 126 Å². The lowest BCUT2D eigenvalue weighted by molar-refractivity contribution is 0.0664. The highest BCUT2D eigenvalue weighted by molar-refractivity contribution is 6.33. The van der Waals surface area contributed by atoms with Crippen LogP contribution in [0.5, 0.6) is 0 Å². The van der Waals surface area contributed by atoms with Gasteiger partial charge in [-0.15, -0.1) is 0 Å². The first kappa shape index (κ1) is 15.3. The van der Waals surface area contributed by atoms with Crippen LogP contribution in [0.2, 0.25) is 5.02 Å². The molecule has 110 valence electrons. The standard InChI is InChI=1S/C16H23ClN2O/c1-16(2,3)12-5-6-13(14(17)11-12)15(20)19-9-7-18(4)8-10-19/h5-6,11H,7-10H2,1-4H3. The maximum atomic E-state index is 12.5. The van der Waals surface area contributed by atoms with E-state index in [1.54, 1.807) is 0 Å². The molecule has 0 spiro atoms. The zero-order valence-corrected chi connectivity index (χ0v) is 13.5. The van der Waals surface area contributed by atoms with Crippen molar-refractivity contribution in [1.29, 1.82) is 0 Å². The van der Waals surface area contributed by atoms with Gasteiger partial charge in [0.05, 0.1) is 10.6 Å². The van der Waals surface area contributed by atoms with E-state index in [0.29, 0.717) is 10.6 Å². The summed E-state index contributed by atoms with van der Waals surface area (Å²) in [6.07, 6.45) is 0. The zero-order valence-electron chi connectivity index (χ0n) is 12.7. The summed E-state index contributed by atoms with van der Waals surface area (Å²) >= 11 is 6.32. The minimum atomic E-state index is 0.0407.